The number of urea groups is 1. The summed E-state index contributed by atoms with van der Waals surface area (Å²) in [6, 6.07) is 7.14. The Bertz CT molecular complexity index is 670. The van der Waals surface area contributed by atoms with E-state index in [0.29, 0.717) is 4.88 Å². The molecule has 124 valence electrons. The van der Waals surface area contributed by atoms with Gasteiger partial charge in [0.05, 0.1) is 12.1 Å². The Morgan fingerprint density at radius 2 is 2.00 bits per heavy atom. The van der Waals surface area contributed by atoms with Crippen LogP contribution in [0.2, 0.25) is 0 Å². The minimum absolute atomic E-state index is 0.0214. The number of aliphatic hydroxyl groups is 1. The van der Waals surface area contributed by atoms with E-state index >= 15 is 0 Å². The molecule has 8 heteroatoms. The van der Waals surface area contributed by atoms with Gasteiger partial charge in [0.25, 0.3) is 0 Å². The van der Waals surface area contributed by atoms with Crippen LogP contribution in [0.25, 0.3) is 0 Å². The van der Waals surface area contributed by atoms with Crippen LogP contribution in [0.4, 0.5) is 23.7 Å². The van der Waals surface area contributed by atoms with Crippen LogP contribution in [0, 0.1) is 0 Å². The molecule has 0 unspecified atom stereocenters. The summed E-state index contributed by atoms with van der Waals surface area (Å²) >= 11 is 1.34. The Labute approximate surface area is 135 Å². The molecule has 0 saturated heterocycles. The number of amides is 2. The van der Waals surface area contributed by atoms with Crippen LogP contribution in [0.3, 0.4) is 0 Å². The molecule has 2 amide bonds. The van der Waals surface area contributed by atoms with Gasteiger partial charge in [0.2, 0.25) is 0 Å². The molecule has 0 radical (unpaired) electrons. The summed E-state index contributed by atoms with van der Waals surface area (Å²) in [4.78, 5) is 12.5. The lowest BCUT2D eigenvalue weighted by atomic mass is 10.1. The van der Waals surface area contributed by atoms with Gasteiger partial charge < -0.3 is 15.7 Å². The lowest BCUT2D eigenvalue weighted by molar-refractivity contribution is -0.137. The first-order chi connectivity index (χ1) is 10.7. The SMILES string of the molecule is C[C@@](O)(CNC(=O)Nc1cccc(C(F)(F)F)c1)c1cccs1. The topological polar surface area (TPSA) is 61.4 Å². The summed E-state index contributed by atoms with van der Waals surface area (Å²) in [7, 11) is 0. The molecule has 3 N–H and O–H groups in total. The number of anilines is 1. The van der Waals surface area contributed by atoms with Crippen molar-refractivity contribution in [3.63, 3.8) is 0 Å². The summed E-state index contributed by atoms with van der Waals surface area (Å²) in [5.74, 6) is 0. The molecule has 4 nitrogen and oxygen atoms in total. The summed E-state index contributed by atoms with van der Waals surface area (Å²) in [5, 5.41) is 16.8. The first-order valence-corrected chi connectivity index (χ1v) is 7.55. The number of halogens is 3. The lowest BCUT2D eigenvalue weighted by Gasteiger charge is -2.22. The highest BCUT2D eigenvalue weighted by atomic mass is 32.1. The number of carbonyl (C=O) groups excluding carboxylic acids is 1. The summed E-state index contributed by atoms with van der Waals surface area (Å²) in [6.45, 7) is 1.47. The van der Waals surface area contributed by atoms with Crippen LogP contribution in [0.15, 0.2) is 41.8 Å². The minimum atomic E-state index is -4.48. The van der Waals surface area contributed by atoms with E-state index in [9.17, 15) is 23.1 Å². The summed E-state index contributed by atoms with van der Waals surface area (Å²) in [6.07, 6.45) is -4.48. The van der Waals surface area contributed by atoms with Gasteiger partial charge in [0.1, 0.15) is 5.60 Å². The molecule has 0 spiro atoms. The Morgan fingerprint density at radius 1 is 1.26 bits per heavy atom. The molecule has 1 atom stereocenters. The number of hydrogen-bond donors (Lipinski definition) is 3. The quantitative estimate of drug-likeness (QED) is 0.790. The van der Waals surface area contributed by atoms with E-state index in [1.165, 1.54) is 23.5 Å². The molecular formula is C15H15F3N2O2S. The average Bonchev–Trinajstić information content (AvgIpc) is 3.00. The van der Waals surface area contributed by atoms with Crippen molar-refractivity contribution in [3.8, 4) is 0 Å². The minimum Gasteiger partial charge on any atom is -0.383 e. The maximum Gasteiger partial charge on any atom is 0.416 e. The van der Waals surface area contributed by atoms with Gasteiger partial charge in [-0.1, -0.05) is 12.1 Å². The largest absolute Gasteiger partial charge is 0.416 e. The molecule has 1 aromatic carbocycles. The molecule has 0 bridgehead atoms. The number of carbonyl (C=O) groups is 1. The van der Waals surface area contributed by atoms with E-state index in [2.05, 4.69) is 10.6 Å². The highest BCUT2D eigenvalue weighted by Crippen LogP contribution is 2.30. The Balaban J connectivity index is 1.95. The van der Waals surface area contributed by atoms with E-state index in [0.717, 1.165) is 12.1 Å². The molecule has 1 aromatic heterocycles. The van der Waals surface area contributed by atoms with Gasteiger partial charge in [0, 0.05) is 10.6 Å². The Kier molecular flexibility index (Phi) is 4.96. The molecule has 1 heterocycles. The van der Waals surface area contributed by atoms with Crippen LogP contribution in [0.5, 0.6) is 0 Å². The predicted octanol–water partition coefficient (Wildman–Crippen LogP) is 3.80. The van der Waals surface area contributed by atoms with Crippen LogP contribution >= 0.6 is 11.3 Å². The van der Waals surface area contributed by atoms with Crippen molar-refractivity contribution >= 4 is 23.1 Å². The molecule has 2 rings (SSSR count). The van der Waals surface area contributed by atoms with Crippen LogP contribution < -0.4 is 10.6 Å². The second kappa shape index (κ2) is 6.59. The zero-order valence-electron chi connectivity index (χ0n) is 12.1. The fourth-order valence-electron chi connectivity index (χ4n) is 1.87. The molecular weight excluding hydrogens is 329 g/mol. The highest BCUT2D eigenvalue weighted by Gasteiger charge is 2.30. The molecule has 0 saturated carbocycles. The van der Waals surface area contributed by atoms with Crippen molar-refractivity contribution in [2.45, 2.75) is 18.7 Å². The zero-order valence-corrected chi connectivity index (χ0v) is 13.0. The van der Waals surface area contributed by atoms with Crippen LogP contribution in [-0.4, -0.2) is 17.7 Å². The number of nitrogens with one attached hydrogen (secondary N) is 2. The fourth-order valence-corrected chi connectivity index (χ4v) is 2.66. The van der Waals surface area contributed by atoms with Gasteiger partial charge in [-0.25, -0.2) is 4.79 Å². The third kappa shape index (κ3) is 4.70. The van der Waals surface area contributed by atoms with Crippen molar-refractivity contribution in [2.75, 3.05) is 11.9 Å². The number of rotatable bonds is 4. The fraction of sp³-hybridized carbons (Fsp3) is 0.267. The summed E-state index contributed by atoms with van der Waals surface area (Å²) < 4.78 is 37.8. The molecule has 0 aliphatic heterocycles. The maximum absolute atomic E-state index is 12.6. The molecule has 0 fully saturated rings. The molecule has 0 aliphatic rings. The number of thiophene rings is 1. The van der Waals surface area contributed by atoms with E-state index < -0.39 is 23.4 Å². The zero-order chi connectivity index (χ0) is 17.1. The Hall–Kier alpha value is -2.06. The summed E-state index contributed by atoms with van der Waals surface area (Å²) in [5.41, 5.74) is -2.08. The molecule has 2 aromatic rings. The van der Waals surface area contributed by atoms with Crippen LogP contribution in [0.1, 0.15) is 17.4 Å². The monoisotopic (exact) mass is 344 g/mol. The maximum atomic E-state index is 12.6. The van der Waals surface area contributed by atoms with Gasteiger partial charge in [-0.3, -0.25) is 0 Å². The normalized spacial score (nSPS) is 14.1. The van der Waals surface area contributed by atoms with Gasteiger partial charge >= 0.3 is 12.2 Å². The average molecular weight is 344 g/mol. The standard InChI is InChI=1S/C15H15F3N2O2S/c1-14(22,12-6-3-7-23-12)9-19-13(21)20-11-5-2-4-10(8-11)15(16,17)18/h2-8,22H,9H2,1H3,(H2,19,20,21)/t14-/m1/s1. The van der Waals surface area contributed by atoms with E-state index in [1.54, 1.807) is 24.4 Å². The van der Waals surface area contributed by atoms with Crippen LogP contribution in [-0.2, 0) is 11.8 Å². The smallest absolute Gasteiger partial charge is 0.383 e. The number of benzene rings is 1. The van der Waals surface area contributed by atoms with Gasteiger partial charge in [-0.05, 0) is 36.6 Å². The second-order valence-electron chi connectivity index (χ2n) is 5.14. The first kappa shape index (κ1) is 17.3. The van der Waals surface area contributed by atoms with Gasteiger partial charge in [-0.2, -0.15) is 13.2 Å². The van der Waals surface area contributed by atoms with E-state index in [-0.39, 0.29) is 12.2 Å². The van der Waals surface area contributed by atoms with Crippen molar-refractivity contribution < 1.29 is 23.1 Å². The molecule has 23 heavy (non-hydrogen) atoms. The Morgan fingerprint density at radius 3 is 2.61 bits per heavy atom. The van der Waals surface area contributed by atoms with Gasteiger partial charge in [0.15, 0.2) is 0 Å². The molecule has 0 aliphatic carbocycles. The third-order valence-electron chi connectivity index (χ3n) is 3.09. The lowest BCUT2D eigenvalue weighted by Crippen LogP contribution is -2.40. The van der Waals surface area contributed by atoms with Crippen molar-refractivity contribution in [3.05, 3.63) is 52.2 Å². The van der Waals surface area contributed by atoms with Gasteiger partial charge in [-0.15, -0.1) is 11.3 Å². The first-order valence-electron chi connectivity index (χ1n) is 6.67. The predicted molar refractivity (Wildman–Crippen MR) is 82.4 cm³/mol. The van der Waals surface area contributed by atoms with Crippen molar-refractivity contribution in [1.82, 2.24) is 5.32 Å². The third-order valence-corrected chi connectivity index (χ3v) is 4.22. The number of hydrogen-bond acceptors (Lipinski definition) is 3. The van der Waals surface area contributed by atoms with Crippen molar-refractivity contribution in [1.29, 1.82) is 0 Å². The number of alkyl halides is 3. The van der Waals surface area contributed by atoms with E-state index in [1.807, 2.05) is 0 Å². The second-order valence-corrected chi connectivity index (χ2v) is 6.09. The van der Waals surface area contributed by atoms with E-state index in [4.69, 9.17) is 0 Å². The van der Waals surface area contributed by atoms with Crippen molar-refractivity contribution in [2.24, 2.45) is 0 Å². The highest BCUT2D eigenvalue weighted by molar-refractivity contribution is 7.10.